The number of aryl methyl sites for hydroxylation is 1. The lowest BCUT2D eigenvalue weighted by Crippen LogP contribution is -2.51. The first-order valence-corrected chi connectivity index (χ1v) is 14.1. The Morgan fingerprint density at radius 2 is 1.92 bits per heavy atom. The average Bonchev–Trinajstić information content (AvgIpc) is 3.35. The third-order valence-electron chi connectivity index (χ3n) is 8.42. The van der Waals surface area contributed by atoms with E-state index in [9.17, 15) is 4.79 Å². The number of aromatic nitrogens is 2. The second-order valence-electron chi connectivity index (χ2n) is 11.4. The number of carbonyl (C=O) groups is 1. The SMILES string of the molecule is COc1ccc(C2=C[C@H]3CC[C@@H]2C[C@]3(CCN(C)CCCc2nc3ccccc3[nH]2)OC(=O)C(C)C)cc1. The van der Waals surface area contributed by atoms with E-state index in [4.69, 9.17) is 14.5 Å². The van der Waals surface area contributed by atoms with Crippen LogP contribution in [0.1, 0.15) is 57.3 Å². The van der Waals surface area contributed by atoms with Crippen LogP contribution in [0.2, 0.25) is 0 Å². The zero-order chi connectivity index (χ0) is 26.7. The molecule has 38 heavy (non-hydrogen) atoms. The van der Waals surface area contributed by atoms with Crippen LogP contribution in [0.3, 0.4) is 0 Å². The molecular weight excluding hydrogens is 474 g/mol. The predicted molar refractivity (Wildman–Crippen MR) is 152 cm³/mol. The molecule has 6 heteroatoms. The lowest BCUT2D eigenvalue weighted by molar-refractivity contribution is -0.176. The molecule has 2 aromatic carbocycles. The molecule has 1 heterocycles. The molecule has 202 valence electrons. The van der Waals surface area contributed by atoms with E-state index in [2.05, 4.69) is 41.2 Å². The fourth-order valence-corrected chi connectivity index (χ4v) is 6.19. The van der Waals surface area contributed by atoms with Crippen molar-refractivity contribution in [3.05, 3.63) is 66.0 Å². The molecule has 0 spiro atoms. The van der Waals surface area contributed by atoms with Gasteiger partial charge in [-0.1, -0.05) is 44.2 Å². The van der Waals surface area contributed by atoms with E-state index in [0.717, 1.165) is 74.2 Å². The summed E-state index contributed by atoms with van der Waals surface area (Å²) < 4.78 is 11.8. The Morgan fingerprint density at radius 1 is 1.13 bits per heavy atom. The van der Waals surface area contributed by atoms with Crippen molar-refractivity contribution < 1.29 is 14.3 Å². The van der Waals surface area contributed by atoms with Gasteiger partial charge in [0.05, 0.1) is 24.1 Å². The van der Waals surface area contributed by atoms with Crippen molar-refractivity contribution in [2.24, 2.45) is 17.8 Å². The minimum Gasteiger partial charge on any atom is -0.497 e. The quantitative estimate of drug-likeness (QED) is 0.305. The number of methoxy groups -OCH3 is 1. The number of benzene rings is 2. The van der Waals surface area contributed by atoms with Crippen LogP contribution in [0.25, 0.3) is 16.6 Å². The van der Waals surface area contributed by atoms with Gasteiger partial charge < -0.3 is 19.4 Å². The number of ether oxygens (including phenoxy) is 2. The van der Waals surface area contributed by atoms with Crippen LogP contribution in [-0.4, -0.2) is 53.7 Å². The Morgan fingerprint density at radius 3 is 2.61 bits per heavy atom. The van der Waals surface area contributed by atoms with Gasteiger partial charge in [0.15, 0.2) is 0 Å². The topological polar surface area (TPSA) is 67.4 Å². The molecule has 3 aliphatic carbocycles. The number of fused-ring (bicyclic) bond motifs is 3. The number of allylic oxidation sites excluding steroid dienone is 1. The Bertz CT molecular complexity index is 1250. The number of nitrogens with zero attached hydrogens (tertiary/aromatic N) is 2. The fraction of sp³-hybridized carbons (Fsp3) is 0.500. The average molecular weight is 516 g/mol. The molecule has 0 unspecified atom stereocenters. The van der Waals surface area contributed by atoms with Crippen LogP contribution >= 0.6 is 0 Å². The zero-order valence-electron chi connectivity index (χ0n) is 23.2. The van der Waals surface area contributed by atoms with Gasteiger partial charge in [-0.2, -0.15) is 0 Å². The highest BCUT2D eigenvalue weighted by atomic mass is 16.6. The highest BCUT2D eigenvalue weighted by Crippen LogP contribution is 2.53. The minimum atomic E-state index is -0.423. The third kappa shape index (κ3) is 5.65. The molecule has 3 aliphatic rings. The Hall–Kier alpha value is -3.12. The van der Waals surface area contributed by atoms with Gasteiger partial charge in [0.2, 0.25) is 0 Å². The minimum absolute atomic E-state index is 0.0792. The molecule has 1 N–H and O–H groups in total. The van der Waals surface area contributed by atoms with E-state index in [1.807, 2.05) is 44.2 Å². The molecule has 1 aromatic heterocycles. The molecule has 0 amide bonds. The summed E-state index contributed by atoms with van der Waals surface area (Å²) in [5, 5.41) is 0. The molecule has 1 fully saturated rings. The summed E-state index contributed by atoms with van der Waals surface area (Å²) in [5.41, 5.74) is 4.36. The van der Waals surface area contributed by atoms with Crippen molar-refractivity contribution >= 4 is 22.6 Å². The van der Waals surface area contributed by atoms with E-state index >= 15 is 0 Å². The summed E-state index contributed by atoms with van der Waals surface area (Å²) in [6.07, 6.45) is 8.35. The standard InChI is InChI=1S/C32H41N3O3/c1-22(2)31(36)38-32(17-19-35(3)18-7-10-30-33-28-8-5-6-9-29(28)34-30)21-24-11-14-25(32)20-27(24)23-12-15-26(37-4)16-13-23/h5-6,8-9,12-13,15-16,20,22,24-25H,7,10-11,14,17-19,21H2,1-4H3,(H,33,34)/t24-,25-,32+/m1/s1. The smallest absolute Gasteiger partial charge is 0.308 e. The van der Waals surface area contributed by atoms with Crippen LogP contribution in [-0.2, 0) is 16.0 Å². The van der Waals surface area contributed by atoms with Crippen molar-refractivity contribution in [3.8, 4) is 5.75 Å². The van der Waals surface area contributed by atoms with E-state index in [0.29, 0.717) is 5.92 Å². The van der Waals surface area contributed by atoms with Crippen molar-refractivity contribution in [1.82, 2.24) is 14.9 Å². The second-order valence-corrected chi connectivity index (χ2v) is 11.4. The molecule has 2 bridgehead atoms. The maximum atomic E-state index is 12.9. The number of hydrogen-bond acceptors (Lipinski definition) is 5. The summed E-state index contributed by atoms with van der Waals surface area (Å²) in [4.78, 5) is 23.4. The Balaban J connectivity index is 1.24. The van der Waals surface area contributed by atoms with E-state index < -0.39 is 5.60 Å². The number of hydrogen-bond donors (Lipinski definition) is 1. The number of nitrogens with one attached hydrogen (secondary N) is 1. The van der Waals surface area contributed by atoms with Gasteiger partial charge >= 0.3 is 5.97 Å². The molecule has 0 saturated heterocycles. The van der Waals surface area contributed by atoms with Gasteiger partial charge in [0, 0.05) is 25.3 Å². The molecule has 6 nitrogen and oxygen atoms in total. The van der Waals surface area contributed by atoms with Crippen molar-refractivity contribution in [2.75, 3.05) is 27.2 Å². The van der Waals surface area contributed by atoms with Crippen LogP contribution < -0.4 is 4.74 Å². The van der Waals surface area contributed by atoms with Gasteiger partial charge in [0.1, 0.15) is 17.2 Å². The van der Waals surface area contributed by atoms with Crippen LogP contribution in [0.5, 0.6) is 5.75 Å². The lowest BCUT2D eigenvalue weighted by atomic mass is 9.60. The number of aromatic amines is 1. The number of esters is 1. The van der Waals surface area contributed by atoms with Crippen molar-refractivity contribution in [2.45, 2.75) is 58.0 Å². The maximum absolute atomic E-state index is 12.9. The largest absolute Gasteiger partial charge is 0.497 e. The van der Waals surface area contributed by atoms with Gasteiger partial charge in [0.25, 0.3) is 0 Å². The normalized spacial score (nSPS) is 22.7. The summed E-state index contributed by atoms with van der Waals surface area (Å²) in [6.45, 7) is 5.74. The fourth-order valence-electron chi connectivity index (χ4n) is 6.19. The molecule has 3 atom stereocenters. The summed E-state index contributed by atoms with van der Waals surface area (Å²) >= 11 is 0. The summed E-state index contributed by atoms with van der Waals surface area (Å²) in [6, 6.07) is 16.6. The van der Waals surface area contributed by atoms with Crippen LogP contribution in [0, 0.1) is 17.8 Å². The second kappa shape index (κ2) is 11.3. The number of imidazole rings is 1. The molecule has 0 radical (unpaired) electrons. The first-order chi connectivity index (χ1) is 18.4. The monoisotopic (exact) mass is 515 g/mol. The van der Waals surface area contributed by atoms with E-state index in [1.54, 1.807) is 7.11 Å². The summed E-state index contributed by atoms with van der Waals surface area (Å²) in [7, 11) is 3.88. The molecule has 3 aromatic rings. The van der Waals surface area contributed by atoms with Gasteiger partial charge in [-0.15, -0.1) is 0 Å². The molecule has 6 rings (SSSR count). The van der Waals surface area contributed by atoms with Crippen molar-refractivity contribution in [1.29, 1.82) is 0 Å². The van der Waals surface area contributed by atoms with Gasteiger partial charge in [-0.3, -0.25) is 4.79 Å². The van der Waals surface area contributed by atoms with Gasteiger partial charge in [-0.05, 0) is 80.6 Å². The first-order valence-electron chi connectivity index (χ1n) is 14.1. The van der Waals surface area contributed by atoms with Crippen LogP contribution in [0.4, 0.5) is 0 Å². The van der Waals surface area contributed by atoms with E-state index in [1.165, 1.54) is 11.1 Å². The highest BCUT2D eigenvalue weighted by molar-refractivity contribution is 5.75. The highest BCUT2D eigenvalue weighted by Gasteiger charge is 2.50. The Kier molecular flexibility index (Phi) is 7.89. The number of rotatable bonds is 11. The predicted octanol–water partition coefficient (Wildman–Crippen LogP) is 6.28. The maximum Gasteiger partial charge on any atom is 0.308 e. The molecular formula is C32H41N3O3. The van der Waals surface area contributed by atoms with Crippen LogP contribution in [0.15, 0.2) is 54.6 Å². The van der Waals surface area contributed by atoms with Gasteiger partial charge in [-0.25, -0.2) is 4.98 Å². The van der Waals surface area contributed by atoms with E-state index in [-0.39, 0.29) is 17.8 Å². The third-order valence-corrected chi connectivity index (χ3v) is 8.42. The number of para-hydroxylation sites is 2. The molecule has 1 saturated carbocycles. The Labute approximate surface area is 226 Å². The number of H-pyrrole nitrogens is 1. The lowest BCUT2D eigenvalue weighted by Gasteiger charge is -2.50. The van der Waals surface area contributed by atoms with Crippen molar-refractivity contribution in [3.63, 3.8) is 0 Å². The summed E-state index contributed by atoms with van der Waals surface area (Å²) in [5.74, 6) is 2.37. The first kappa shape index (κ1) is 26.5. The molecule has 0 aliphatic heterocycles. The zero-order valence-corrected chi connectivity index (χ0v) is 23.2. The number of carbonyl (C=O) groups excluding carboxylic acids is 1.